The highest BCUT2D eigenvalue weighted by Crippen LogP contribution is 2.32. The van der Waals surface area contributed by atoms with Crippen LogP contribution in [0, 0.1) is 0 Å². The van der Waals surface area contributed by atoms with Crippen molar-refractivity contribution < 1.29 is 4.79 Å². The number of hydrogen-bond donors (Lipinski definition) is 1. The maximum absolute atomic E-state index is 12.8. The highest BCUT2D eigenvalue weighted by Gasteiger charge is 2.15. The van der Waals surface area contributed by atoms with E-state index in [2.05, 4.69) is 42.6 Å². The zero-order valence-electron chi connectivity index (χ0n) is 16.3. The molecule has 144 valence electrons. The van der Waals surface area contributed by atoms with Crippen molar-refractivity contribution in [1.82, 2.24) is 0 Å². The van der Waals surface area contributed by atoms with Crippen LogP contribution in [-0.4, -0.2) is 5.78 Å². The molecule has 29 heavy (non-hydrogen) atoms. The standard InChI is InChI=1S/C26H23NOS/c1-19(20-9-4-2-5-10-20)17-24(28)26-16-15-25(29-26)21-11-8-14-23(18-21)27-22-12-6-3-7-13-22/h2-16,18-19,27H,17H2,1H3/t19-/m0/s1. The van der Waals surface area contributed by atoms with Gasteiger partial charge in [-0.3, -0.25) is 4.79 Å². The molecule has 1 atom stereocenters. The summed E-state index contributed by atoms with van der Waals surface area (Å²) in [5.41, 5.74) is 4.41. The van der Waals surface area contributed by atoms with Crippen LogP contribution < -0.4 is 5.32 Å². The van der Waals surface area contributed by atoms with Crippen LogP contribution in [-0.2, 0) is 0 Å². The molecule has 1 heterocycles. The lowest BCUT2D eigenvalue weighted by Crippen LogP contribution is -2.03. The van der Waals surface area contributed by atoms with Crippen LogP contribution >= 0.6 is 11.3 Å². The molecule has 0 saturated heterocycles. The Morgan fingerprint density at radius 3 is 2.28 bits per heavy atom. The molecule has 0 fully saturated rings. The van der Waals surface area contributed by atoms with Crippen LogP contribution in [0.1, 0.15) is 34.5 Å². The second-order valence-electron chi connectivity index (χ2n) is 7.17. The van der Waals surface area contributed by atoms with Gasteiger partial charge in [0.25, 0.3) is 0 Å². The van der Waals surface area contributed by atoms with Crippen LogP contribution in [0.25, 0.3) is 10.4 Å². The van der Waals surface area contributed by atoms with Gasteiger partial charge in [0.1, 0.15) is 0 Å². The van der Waals surface area contributed by atoms with Crippen molar-refractivity contribution in [2.24, 2.45) is 0 Å². The van der Waals surface area contributed by atoms with Gasteiger partial charge in [-0.1, -0.05) is 67.6 Å². The Kier molecular flexibility index (Phi) is 5.87. The van der Waals surface area contributed by atoms with E-state index in [0.717, 1.165) is 26.7 Å². The molecule has 4 rings (SSSR count). The zero-order chi connectivity index (χ0) is 20.1. The van der Waals surface area contributed by atoms with E-state index in [4.69, 9.17) is 0 Å². The predicted molar refractivity (Wildman–Crippen MR) is 123 cm³/mol. The first-order valence-electron chi connectivity index (χ1n) is 9.79. The van der Waals surface area contributed by atoms with Crippen LogP contribution in [0.2, 0.25) is 0 Å². The third kappa shape index (κ3) is 4.82. The first kappa shape index (κ1) is 19.2. The number of anilines is 2. The molecule has 0 bridgehead atoms. The Labute approximate surface area is 175 Å². The molecule has 1 N–H and O–H groups in total. The minimum atomic E-state index is 0.205. The third-order valence-electron chi connectivity index (χ3n) is 4.95. The molecule has 0 aliphatic carbocycles. The van der Waals surface area contributed by atoms with Crippen molar-refractivity contribution in [3.05, 3.63) is 108 Å². The monoisotopic (exact) mass is 397 g/mol. The number of carbonyl (C=O) groups is 1. The maximum Gasteiger partial charge on any atom is 0.173 e. The van der Waals surface area contributed by atoms with Crippen LogP contribution in [0.15, 0.2) is 97.1 Å². The lowest BCUT2D eigenvalue weighted by molar-refractivity contribution is 0.0979. The van der Waals surface area contributed by atoms with E-state index in [1.165, 1.54) is 5.56 Å². The Bertz CT molecular complexity index is 1090. The second-order valence-corrected chi connectivity index (χ2v) is 8.26. The van der Waals surface area contributed by atoms with Crippen LogP contribution in [0.3, 0.4) is 0 Å². The summed E-state index contributed by atoms with van der Waals surface area (Å²) in [5.74, 6) is 0.420. The summed E-state index contributed by atoms with van der Waals surface area (Å²) in [5, 5.41) is 3.43. The molecule has 3 aromatic carbocycles. The summed E-state index contributed by atoms with van der Waals surface area (Å²) >= 11 is 1.57. The molecule has 4 aromatic rings. The minimum Gasteiger partial charge on any atom is -0.356 e. The third-order valence-corrected chi connectivity index (χ3v) is 6.13. The summed E-state index contributed by atoms with van der Waals surface area (Å²) < 4.78 is 0. The van der Waals surface area contributed by atoms with Crippen molar-refractivity contribution in [1.29, 1.82) is 0 Å². The summed E-state index contributed by atoms with van der Waals surface area (Å²) in [7, 11) is 0. The van der Waals surface area contributed by atoms with Crippen LogP contribution in [0.4, 0.5) is 11.4 Å². The van der Waals surface area contributed by atoms with Crippen molar-refractivity contribution >= 4 is 28.5 Å². The van der Waals surface area contributed by atoms with Gasteiger partial charge in [0.05, 0.1) is 4.88 Å². The SMILES string of the molecule is C[C@@H](CC(=O)c1ccc(-c2cccc(Nc3ccccc3)c2)s1)c1ccccc1. The van der Waals surface area contributed by atoms with E-state index in [-0.39, 0.29) is 11.7 Å². The fraction of sp³-hybridized carbons (Fsp3) is 0.115. The molecule has 0 aliphatic rings. The Balaban J connectivity index is 1.47. The number of carbonyl (C=O) groups excluding carboxylic acids is 1. The molecule has 0 saturated carbocycles. The first-order valence-corrected chi connectivity index (χ1v) is 10.6. The predicted octanol–water partition coefficient (Wildman–Crippen LogP) is 7.54. The molecular weight excluding hydrogens is 374 g/mol. The number of hydrogen-bond acceptors (Lipinski definition) is 3. The molecule has 0 radical (unpaired) electrons. The lowest BCUT2D eigenvalue weighted by atomic mass is 9.95. The van der Waals surface area contributed by atoms with Gasteiger partial charge < -0.3 is 5.32 Å². The lowest BCUT2D eigenvalue weighted by Gasteiger charge is -2.10. The second kappa shape index (κ2) is 8.89. The summed E-state index contributed by atoms with van der Waals surface area (Å²) in [6, 6.07) is 32.7. The minimum absolute atomic E-state index is 0.205. The Morgan fingerprint density at radius 2 is 1.52 bits per heavy atom. The molecular formula is C26H23NOS. The van der Waals surface area contributed by atoms with Crippen LogP contribution in [0.5, 0.6) is 0 Å². The quantitative estimate of drug-likeness (QED) is 0.326. The van der Waals surface area contributed by atoms with Gasteiger partial charge in [0.2, 0.25) is 0 Å². The number of Topliss-reactive ketones (excluding diaryl/α,β-unsaturated/α-hetero) is 1. The number of para-hydroxylation sites is 1. The number of benzene rings is 3. The van der Waals surface area contributed by atoms with E-state index in [1.807, 2.05) is 66.7 Å². The average molecular weight is 398 g/mol. The summed E-state index contributed by atoms with van der Waals surface area (Å²) in [6.45, 7) is 2.11. The highest BCUT2D eigenvalue weighted by molar-refractivity contribution is 7.17. The molecule has 2 nitrogen and oxygen atoms in total. The highest BCUT2D eigenvalue weighted by atomic mass is 32.1. The normalized spacial score (nSPS) is 11.8. The van der Waals surface area contributed by atoms with E-state index >= 15 is 0 Å². The topological polar surface area (TPSA) is 29.1 Å². The van der Waals surface area contributed by atoms with Crippen molar-refractivity contribution in [2.75, 3.05) is 5.32 Å². The van der Waals surface area contributed by atoms with Gasteiger partial charge in [-0.25, -0.2) is 0 Å². The molecule has 0 amide bonds. The molecule has 3 heteroatoms. The molecule has 0 aliphatic heterocycles. The van der Waals surface area contributed by atoms with E-state index in [0.29, 0.717) is 6.42 Å². The largest absolute Gasteiger partial charge is 0.356 e. The number of ketones is 1. The summed E-state index contributed by atoms with van der Waals surface area (Å²) in [6.07, 6.45) is 0.527. The fourth-order valence-electron chi connectivity index (χ4n) is 3.36. The van der Waals surface area contributed by atoms with Crippen molar-refractivity contribution in [2.45, 2.75) is 19.3 Å². The first-order chi connectivity index (χ1) is 14.2. The Hall–Kier alpha value is -3.17. The maximum atomic E-state index is 12.8. The van der Waals surface area contributed by atoms with Gasteiger partial charge in [-0.2, -0.15) is 0 Å². The van der Waals surface area contributed by atoms with Crippen molar-refractivity contribution in [3.63, 3.8) is 0 Å². The Morgan fingerprint density at radius 1 is 0.828 bits per heavy atom. The average Bonchev–Trinajstić information content (AvgIpc) is 3.26. The summed E-state index contributed by atoms with van der Waals surface area (Å²) in [4.78, 5) is 14.7. The zero-order valence-corrected chi connectivity index (χ0v) is 17.2. The van der Waals surface area contributed by atoms with E-state index < -0.39 is 0 Å². The number of thiophene rings is 1. The molecule has 1 aromatic heterocycles. The number of rotatable bonds is 7. The van der Waals surface area contributed by atoms with E-state index in [9.17, 15) is 4.79 Å². The number of nitrogens with one attached hydrogen (secondary N) is 1. The van der Waals surface area contributed by atoms with Gasteiger partial charge >= 0.3 is 0 Å². The van der Waals surface area contributed by atoms with E-state index in [1.54, 1.807) is 11.3 Å². The van der Waals surface area contributed by atoms with Gasteiger partial charge in [0, 0.05) is 22.7 Å². The van der Waals surface area contributed by atoms with Gasteiger partial charge in [-0.15, -0.1) is 11.3 Å². The van der Waals surface area contributed by atoms with Gasteiger partial charge in [0.15, 0.2) is 5.78 Å². The smallest absolute Gasteiger partial charge is 0.173 e. The molecule has 0 spiro atoms. The molecule has 0 unspecified atom stereocenters. The fourth-order valence-corrected chi connectivity index (χ4v) is 4.31. The van der Waals surface area contributed by atoms with Gasteiger partial charge in [-0.05, 0) is 53.4 Å². The van der Waals surface area contributed by atoms with Crippen molar-refractivity contribution in [3.8, 4) is 10.4 Å².